The normalized spacial score (nSPS) is 12.1. The molecule has 3 nitrogen and oxygen atoms in total. The van der Waals surface area contributed by atoms with Gasteiger partial charge >= 0.3 is 5.97 Å². The van der Waals surface area contributed by atoms with Crippen molar-refractivity contribution in [1.82, 2.24) is 4.90 Å². The van der Waals surface area contributed by atoms with Crippen LogP contribution in [0.2, 0.25) is 0 Å². The molecule has 0 bridgehead atoms. The highest BCUT2D eigenvalue weighted by atomic mass is 16.5. The number of carbonyl (C=O) groups excluding carboxylic acids is 1. The van der Waals surface area contributed by atoms with Gasteiger partial charge in [-0.2, -0.15) is 0 Å². The fourth-order valence-corrected chi connectivity index (χ4v) is 2.38. The molecule has 0 aliphatic heterocycles. The van der Waals surface area contributed by atoms with Crippen molar-refractivity contribution in [2.75, 3.05) is 13.1 Å². The third-order valence-electron chi connectivity index (χ3n) is 3.48. The summed E-state index contributed by atoms with van der Waals surface area (Å²) in [5.41, 5.74) is 0.960. The maximum absolute atomic E-state index is 12.6. The Bertz CT molecular complexity index is 550. The molecule has 0 saturated heterocycles. The molecule has 0 radical (unpaired) electrons. The second kappa shape index (κ2) is 7.60. The Balaban J connectivity index is 2.25. The zero-order chi connectivity index (χ0) is 15.1. The van der Waals surface area contributed by atoms with Crippen molar-refractivity contribution in [3.63, 3.8) is 0 Å². The smallest absolute Gasteiger partial charge is 0.333 e. The number of nitrogens with zero attached hydrogens (tertiary/aromatic N) is 1. The van der Waals surface area contributed by atoms with Crippen LogP contribution in [-0.2, 0) is 4.79 Å². The molecular formula is C18H21NO2. The van der Waals surface area contributed by atoms with Crippen molar-refractivity contribution in [2.24, 2.45) is 0 Å². The Kier molecular flexibility index (Phi) is 5.52. The number of hydrogen-bond acceptors (Lipinski definition) is 3. The highest BCUT2D eigenvalue weighted by molar-refractivity contribution is 5.79. The number of hydrogen-bond donors (Lipinski definition) is 0. The zero-order valence-electron chi connectivity index (χ0n) is 12.5. The maximum atomic E-state index is 12.6. The minimum Gasteiger partial charge on any atom is -0.425 e. The van der Waals surface area contributed by atoms with Crippen molar-refractivity contribution in [2.45, 2.75) is 19.9 Å². The van der Waals surface area contributed by atoms with E-state index in [0.29, 0.717) is 5.75 Å². The predicted molar refractivity (Wildman–Crippen MR) is 84.2 cm³/mol. The van der Waals surface area contributed by atoms with Crippen molar-refractivity contribution in [3.8, 4) is 5.75 Å². The Morgan fingerprint density at radius 3 is 2.00 bits per heavy atom. The topological polar surface area (TPSA) is 29.5 Å². The van der Waals surface area contributed by atoms with E-state index in [9.17, 15) is 4.79 Å². The predicted octanol–water partition coefficient (Wildman–Crippen LogP) is 3.68. The third kappa shape index (κ3) is 3.92. The first kappa shape index (κ1) is 15.3. The number of benzene rings is 2. The van der Waals surface area contributed by atoms with Crippen LogP contribution in [0.15, 0.2) is 60.7 Å². The quantitative estimate of drug-likeness (QED) is 0.598. The second-order valence-electron chi connectivity index (χ2n) is 4.77. The minimum absolute atomic E-state index is 0.240. The Morgan fingerprint density at radius 1 is 0.952 bits per heavy atom. The molecule has 1 atom stereocenters. The number of para-hydroxylation sites is 1. The largest absolute Gasteiger partial charge is 0.425 e. The first-order chi connectivity index (χ1) is 10.3. The number of ether oxygens (including phenoxy) is 1. The summed E-state index contributed by atoms with van der Waals surface area (Å²) in [7, 11) is 0. The van der Waals surface area contributed by atoms with Gasteiger partial charge in [-0.15, -0.1) is 0 Å². The van der Waals surface area contributed by atoms with Crippen molar-refractivity contribution < 1.29 is 9.53 Å². The highest BCUT2D eigenvalue weighted by Gasteiger charge is 2.27. The van der Waals surface area contributed by atoms with Crippen LogP contribution in [-0.4, -0.2) is 24.0 Å². The molecule has 2 aromatic rings. The summed E-state index contributed by atoms with van der Waals surface area (Å²) < 4.78 is 5.53. The Labute approximate surface area is 126 Å². The molecule has 21 heavy (non-hydrogen) atoms. The molecule has 0 aliphatic carbocycles. The van der Waals surface area contributed by atoms with E-state index < -0.39 is 0 Å². The molecule has 2 aromatic carbocycles. The summed E-state index contributed by atoms with van der Waals surface area (Å²) in [5.74, 6) is 0.340. The molecular weight excluding hydrogens is 262 g/mol. The van der Waals surface area contributed by atoms with E-state index in [4.69, 9.17) is 4.74 Å². The number of esters is 1. The first-order valence-corrected chi connectivity index (χ1v) is 7.32. The molecule has 0 aromatic heterocycles. The van der Waals surface area contributed by atoms with E-state index in [1.165, 1.54) is 0 Å². The molecule has 0 fully saturated rings. The third-order valence-corrected chi connectivity index (χ3v) is 3.48. The Hall–Kier alpha value is -2.13. The molecule has 0 spiro atoms. The van der Waals surface area contributed by atoms with E-state index in [2.05, 4.69) is 18.7 Å². The lowest BCUT2D eigenvalue weighted by Gasteiger charge is -2.28. The fraction of sp³-hybridized carbons (Fsp3) is 0.278. The standard InChI is InChI=1S/C18H21NO2/c1-3-19(4-2)17(15-11-7-5-8-12-15)18(20)21-16-13-9-6-10-14-16/h5-14,17H,3-4H2,1-2H3. The van der Waals surface area contributed by atoms with Gasteiger partial charge in [0, 0.05) is 0 Å². The fourth-order valence-electron chi connectivity index (χ4n) is 2.38. The monoisotopic (exact) mass is 283 g/mol. The van der Waals surface area contributed by atoms with E-state index in [-0.39, 0.29) is 12.0 Å². The van der Waals surface area contributed by atoms with Crippen LogP contribution in [0.3, 0.4) is 0 Å². The van der Waals surface area contributed by atoms with Gasteiger partial charge in [0.1, 0.15) is 11.8 Å². The summed E-state index contributed by atoms with van der Waals surface area (Å²) in [6.07, 6.45) is 0. The van der Waals surface area contributed by atoms with E-state index in [0.717, 1.165) is 18.7 Å². The summed E-state index contributed by atoms with van der Waals surface area (Å²) in [5, 5.41) is 0. The van der Waals surface area contributed by atoms with Gasteiger partial charge in [-0.25, -0.2) is 4.79 Å². The lowest BCUT2D eigenvalue weighted by molar-refractivity contribution is -0.140. The highest BCUT2D eigenvalue weighted by Crippen LogP contribution is 2.23. The lowest BCUT2D eigenvalue weighted by Crippen LogP contribution is -2.36. The van der Waals surface area contributed by atoms with Crippen LogP contribution in [0, 0.1) is 0 Å². The number of likely N-dealkylation sites (N-methyl/N-ethyl adjacent to an activating group) is 1. The molecule has 0 aliphatic rings. The van der Waals surface area contributed by atoms with Crippen molar-refractivity contribution >= 4 is 5.97 Å². The summed E-state index contributed by atoms with van der Waals surface area (Å²) in [6, 6.07) is 18.6. The van der Waals surface area contributed by atoms with Crippen LogP contribution in [0.5, 0.6) is 5.75 Å². The van der Waals surface area contributed by atoms with Crippen molar-refractivity contribution in [3.05, 3.63) is 66.2 Å². The molecule has 3 heteroatoms. The zero-order valence-corrected chi connectivity index (χ0v) is 12.5. The van der Waals surface area contributed by atoms with Crippen molar-refractivity contribution in [1.29, 1.82) is 0 Å². The van der Waals surface area contributed by atoms with E-state index in [1.807, 2.05) is 48.5 Å². The number of carbonyl (C=O) groups is 1. The van der Waals surface area contributed by atoms with E-state index >= 15 is 0 Å². The molecule has 0 N–H and O–H groups in total. The molecule has 0 heterocycles. The van der Waals surface area contributed by atoms with Crippen LogP contribution in [0.4, 0.5) is 0 Å². The van der Waals surface area contributed by atoms with E-state index in [1.54, 1.807) is 12.1 Å². The molecule has 1 unspecified atom stereocenters. The van der Waals surface area contributed by atoms with Gasteiger partial charge in [-0.1, -0.05) is 62.4 Å². The van der Waals surface area contributed by atoms with Gasteiger partial charge in [-0.3, -0.25) is 4.90 Å². The minimum atomic E-state index is -0.374. The summed E-state index contributed by atoms with van der Waals surface area (Å²) in [6.45, 7) is 5.68. The van der Waals surface area contributed by atoms with Gasteiger partial charge in [0.15, 0.2) is 0 Å². The molecule has 0 saturated carbocycles. The summed E-state index contributed by atoms with van der Waals surface area (Å²) >= 11 is 0. The Morgan fingerprint density at radius 2 is 1.48 bits per heavy atom. The average molecular weight is 283 g/mol. The van der Waals surface area contributed by atoms with Gasteiger partial charge in [0.2, 0.25) is 0 Å². The lowest BCUT2D eigenvalue weighted by atomic mass is 10.1. The van der Waals surface area contributed by atoms with Gasteiger partial charge < -0.3 is 4.74 Å². The second-order valence-corrected chi connectivity index (χ2v) is 4.77. The van der Waals surface area contributed by atoms with Gasteiger partial charge in [0.25, 0.3) is 0 Å². The SMILES string of the molecule is CCN(CC)C(C(=O)Oc1ccccc1)c1ccccc1. The summed E-state index contributed by atoms with van der Waals surface area (Å²) in [4.78, 5) is 14.7. The van der Waals surface area contributed by atoms with Gasteiger partial charge in [-0.05, 0) is 30.8 Å². The van der Waals surface area contributed by atoms with Crippen LogP contribution < -0.4 is 4.74 Å². The molecule has 110 valence electrons. The number of rotatable bonds is 6. The van der Waals surface area contributed by atoms with Crippen LogP contribution in [0.1, 0.15) is 25.5 Å². The molecule has 2 rings (SSSR count). The average Bonchev–Trinajstić information content (AvgIpc) is 2.54. The first-order valence-electron chi connectivity index (χ1n) is 7.32. The van der Waals surface area contributed by atoms with Crippen LogP contribution in [0.25, 0.3) is 0 Å². The molecule has 0 amide bonds. The van der Waals surface area contributed by atoms with Crippen LogP contribution >= 0.6 is 0 Å². The van der Waals surface area contributed by atoms with Gasteiger partial charge in [0.05, 0.1) is 0 Å². The maximum Gasteiger partial charge on any atom is 0.333 e.